The van der Waals surface area contributed by atoms with Crippen LogP contribution in [0.5, 0.6) is 0 Å². The SMILES string of the molecule is CN=C(NCCOCCS(C)(=O)=O)NCC(C)(C)c1cccc(F)c1.I. The molecule has 0 aliphatic carbocycles. The van der Waals surface area contributed by atoms with Crippen LogP contribution in [-0.2, 0) is 20.0 Å². The predicted molar refractivity (Wildman–Crippen MR) is 115 cm³/mol. The predicted octanol–water partition coefficient (Wildman–Crippen LogP) is 1.95. The highest BCUT2D eigenvalue weighted by atomic mass is 127. The minimum atomic E-state index is -2.99. The van der Waals surface area contributed by atoms with Gasteiger partial charge in [0.2, 0.25) is 0 Å². The number of rotatable bonds is 9. The van der Waals surface area contributed by atoms with E-state index >= 15 is 0 Å². The molecule has 0 saturated heterocycles. The molecule has 0 fully saturated rings. The van der Waals surface area contributed by atoms with Crippen molar-refractivity contribution in [2.45, 2.75) is 19.3 Å². The highest BCUT2D eigenvalue weighted by molar-refractivity contribution is 14.0. The molecular formula is C17H29FIN3O3S. The third-order valence-electron chi connectivity index (χ3n) is 3.66. The zero-order valence-electron chi connectivity index (χ0n) is 15.7. The number of benzene rings is 1. The summed E-state index contributed by atoms with van der Waals surface area (Å²) in [6, 6.07) is 6.56. The summed E-state index contributed by atoms with van der Waals surface area (Å²) in [5, 5.41) is 6.30. The summed E-state index contributed by atoms with van der Waals surface area (Å²) in [5.74, 6) is 0.373. The van der Waals surface area contributed by atoms with Gasteiger partial charge >= 0.3 is 0 Å². The maximum Gasteiger partial charge on any atom is 0.191 e. The van der Waals surface area contributed by atoms with Crippen molar-refractivity contribution in [3.63, 3.8) is 0 Å². The van der Waals surface area contributed by atoms with Crippen molar-refractivity contribution in [2.24, 2.45) is 4.99 Å². The minimum Gasteiger partial charge on any atom is -0.379 e. The summed E-state index contributed by atoms with van der Waals surface area (Å²) in [7, 11) is -1.33. The highest BCUT2D eigenvalue weighted by Crippen LogP contribution is 2.22. The van der Waals surface area contributed by atoms with Gasteiger partial charge in [-0.05, 0) is 17.7 Å². The Morgan fingerprint density at radius 1 is 1.27 bits per heavy atom. The summed E-state index contributed by atoms with van der Waals surface area (Å²) in [4.78, 5) is 4.13. The van der Waals surface area contributed by atoms with E-state index in [0.29, 0.717) is 25.7 Å². The van der Waals surface area contributed by atoms with Crippen LogP contribution in [0.15, 0.2) is 29.3 Å². The number of sulfone groups is 1. The van der Waals surface area contributed by atoms with Crippen LogP contribution >= 0.6 is 24.0 Å². The topological polar surface area (TPSA) is 79.8 Å². The Bertz CT molecular complexity index is 682. The monoisotopic (exact) mass is 501 g/mol. The van der Waals surface area contributed by atoms with Crippen LogP contribution in [0.1, 0.15) is 19.4 Å². The van der Waals surface area contributed by atoms with Crippen LogP contribution in [-0.4, -0.2) is 59.7 Å². The van der Waals surface area contributed by atoms with E-state index in [1.165, 1.54) is 18.4 Å². The third kappa shape index (κ3) is 10.3. The summed E-state index contributed by atoms with van der Waals surface area (Å²) in [6.45, 7) is 5.68. The molecule has 26 heavy (non-hydrogen) atoms. The zero-order valence-corrected chi connectivity index (χ0v) is 18.9. The van der Waals surface area contributed by atoms with Crippen LogP contribution in [0.3, 0.4) is 0 Å². The lowest BCUT2D eigenvalue weighted by Gasteiger charge is -2.26. The molecule has 6 nitrogen and oxygen atoms in total. The lowest BCUT2D eigenvalue weighted by atomic mass is 9.84. The lowest BCUT2D eigenvalue weighted by Crippen LogP contribution is -2.44. The molecule has 150 valence electrons. The summed E-state index contributed by atoms with van der Waals surface area (Å²) in [5.41, 5.74) is 0.630. The Balaban J connectivity index is 0.00000625. The van der Waals surface area contributed by atoms with Gasteiger partial charge in [0.1, 0.15) is 15.7 Å². The molecule has 0 bridgehead atoms. The molecule has 1 aromatic carbocycles. The third-order valence-corrected chi connectivity index (χ3v) is 4.57. The van der Waals surface area contributed by atoms with E-state index < -0.39 is 9.84 Å². The molecule has 2 N–H and O–H groups in total. The van der Waals surface area contributed by atoms with E-state index in [4.69, 9.17) is 4.74 Å². The zero-order chi connectivity index (χ0) is 18.9. The molecular weight excluding hydrogens is 472 g/mol. The normalized spacial score (nSPS) is 12.4. The van der Waals surface area contributed by atoms with Crippen molar-refractivity contribution >= 4 is 39.8 Å². The molecule has 0 radical (unpaired) electrons. The van der Waals surface area contributed by atoms with E-state index in [9.17, 15) is 12.8 Å². The lowest BCUT2D eigenvalue weighted by molar-refractivity contribution is 0.154. The van der Waals surface area contributed by atoms with Gasteiger partial charge in [-0.25, -0.2) is 12.8 Å². The van der Waals surface area contributed by atoms with Crippen LogP contribution in [0.4, 0.5) is 4.39 Å². The molecule has 0 aromatic heterocycles. The first kappa shape index (κ1) is 25.1. The molecule has 0 spiro atoms. The highest BCUT2D eigenvalue weighted by Gasteiger charge is 2.21. The Hall–Kier alpha value is -0.940. The second kappa shape index (κ2) is 11.7. The molecule has 0 atom stereocenters. The first-order valence-electron chi connectivity index (χ1n) is 8.10. The molecule has 0 amide bonds. The van der Waals surface area contributed by atoms with E-state index in [1.54, 1.807) is 13.1 Å². The van der Waals surface area contributed by atoms with Gasteiger partial charge in [0, 0.05) is 31.8 Å². The number of hydrogen-bond acceptors (Lipinski definition) is 4. The Kier molecular flexibility index (Phi) is 11.3. The maximum atomic E-state index is 13.4. The molecule has 0 unspecified atom stereocenters. The molecule has 1 rings (SSSR count). The molecule has 0 heterocycles. The molecule has 1 aromatic rings. The molecule has 0 aliphatic rings. The second-order valence-corrected chi connectivity index (χ2v) is 8.75. The van der Waals surface area contributed by atoms with Gasteiger partial charge in [0.15, 0.2) is 5.96 Å². The van der Waals surface area contributed by atoms with Crippen LogP contribution in [0.2, 0.25) is 0 Å². The van der Waals surface area contributed by atoms with Gasteiger partial charge in [-0.3, -0.25) is 4.99 Å². The van der Waals surface area contributed by atoms with Crippen molar-refractivity contribution < 1.29 is 17.5 Å². The summed E-state index contributed by atoms with van der Waals surface area (Å²) < 4.78 is 40.6. The quantitative estimate of drug-likeness (QED) is 0.234. The number of ether oxygens (including phenoxy) is 1. The van der Waals surface area contributed by atoms with Gasteiger partial charge < -0.3 is 15.4 Å². The van der Waals surface area contributed by atoms with Gasteiger partial charge in [0.05, 0.1) is 19.0 Å². The first-order chi connectivity index (χ1) is 11.6. The average Bonchev–Trinajstić information content (AvgIpc) is 2.52. The Morgan fingerprint density at radius 3 is 2.54 bits per heavy atom. The number of nitrogens with one attached hydrogen (secondary N) is 2. The number of nitrogens with zero attached hydrogens (tertiary/aromatic N) is 1. The largest absolute Gasteiger partial charge is 0.379 e. The van der Waals surface area contributed by atoms with Crippen molar-refractivity contribution in [3.05, 3.63) is 35.6 Å². The van der Waals surface area contributed by atoms with E-state index in [-0.39, 0.29) is 47.6 Å². The smallest absolute Gasteiger partial charge is 0.191 e. The van der Waals surface area contributed by atoms with Gasteiger partial charge in [-0.15, -0.1) is 24.0 Å². The van der Waals surface area contributed by atoms with Crippen molar-refractivity contribution in [1.82, 2.24) is 10.6 Å². The molecule has 0 aliphatic heterocycles. The number of guanidine groups is 1. The van der Waals surface area contributed by atoms with Crippen LogP contribution < -0.4 is 10.6 Å². The van der Waals surface area contributed by atoms with Crippen molar-refractivity contribution in [3.8, 4) is 0 Å². The summed E-state index contributed by atoms with van der Waals surface area (Å²) >= 11 is 0. The van der Waals surface area contributed by atoms with Crippen molar-refractivity contribution in [2.75, 3.05) is 45.4 Å². The van der Waals surface area contributed by atoms with Gasteiger partial charge in [-0.1, -0.05) is 26.0 Å². The summed E-state index contributed by atoms with van der Waals surface area (Å²) in [6.07, 6.45) is 1.18. The van der Waals surface area contributed by atoms with Crippen LogP contribution in [0, 0.1) is 5.82 Å². The average molecular weight is 501 g/mol. The van der Waals surface area contributed by atoms with Gasteiger partial charge in [-0.2, -0.15) is 0 Å². The van der Waals surface area contributed by atoms with Crippen molar-refractivity contribution in [1.29, 1.82) is 0 Å². The standard InChI is InChI=1S/C17H28FN3O3S.HI/c1-17(2,14-6-5-7-15(18)12-14)13-21-16(19-3)20-8-9-24-10-11-25(4,22)23;/h5-7,12H,8-11,13H2,1-4H3,(H2,19,20,21);1H. The fraction of sp³-hybridized carbons (Fsp3) is 0.588. The van der Waals surface area contributed by atoms with E-state index in [0.717, 1.165) is 5.56 Å². The molecule has 9 heteroatoms. The number of aliphatic imine (C=N–C) groups is 1. The first-order valence-corrected chi connectivity index (χ1v) is 10.2. The Morgan fingerprint density at radius 2 is 1.96 bits per heavy atom. The minimum absolute atomic E-state index is 0. The van der Waals surface area contributed by atoms with E-state index in [2.05, 4.69) is 15.6 Å². The van der Waals surface area contributed by atoms with Crippen LogP contribution in [0.25, 0.3) is 0 Å². The number of hydrogen-bond donors (Lipinski definition) is 2. The fourth-order valence-corrected chi connectivity index (χ4v) is 2.51. The van der Waals surface area contributed by atoms with Gasteiger partial charge in [0.25, 0.3) is 0 Å². The molecule has 0 saturated carbocycles. The number of halogens is 2. The van der Waals surface area contributed by atoms with E-state index in [1.807, 2.05) is 19.9 Å². The Labute approximate surface area is 172 Å². The fourth-order valence-electron chi connectivity index (χ4n) is 2.09. The maximum absolute atomic E-state index is 13.4. The second-order valence-electron chi connectivity index (χ2n) is 6.49.